The number of aromatic nitrogens is 2. The monoisotopic (exact) mass is 245 g/mol. The summed E-state index contributed by atoms with van der Waals surface area (Å²) in [7, 11) is 0. The number of nitrogens with two attached hydrogens (primary N) is 1. The molecule has 0 saturated carbocycles. The fourth-order valence-corrected chi connectivity index (χ4v) is 1.76. The molecular weight excluding hydrogens is 230 g/mol. The number of hydrogen-bond acceptors (Lipinski definition) is 4. The third-order valence-corrected chi connectivity index (χ3v) is 2.52. The summed E-state index contributed by atoms with van der Waals surface area (Å²) in [4.78, 5) is 19.1. The van der Waals surface area contributed by atoms with Crippen molar-refractivity contribution in [2.45, 2.75) is 13.3 Å². The Balaban J connectivity index is 2.28. The van der Waals surface area contributed by atoms with Gasteiger partial charge in [0.1, 0.15) is 11.6 Å². The molecule has 3 N–H and O–H groups in total. The number of nitrogens with one attached hydrogen (secondary N) is 1. The van der Waals surface area contributed by atoms with Crippen molar-refractivity contribution in [3.63, 3.8) is 0 Å². The molecule has 0 atom stereocenters. The van der Waals surface area contributed by atoms with E-state index in [0.717, 1.165) is 0 Å². The number of carbonyl (C=O) groups excluding carboxylic acids is 1. The van der Waals surface area contributed by atoms with Gasteiger partial charge in [0.25, 0.3) is 0 Å². The zero-order valence-electron chi connectivity index (χ0n) is 10.1. The topological polar surface area (TPSA) is 81.0 Å². The van der Waals surface area contributed by atoms with Crippen LogP contribution in [-0.4, -0.2) is 22.4 Å². The van der Waals surface area contributed by atoms with Crippen molar-refractivity contribution < 1.29 is 9.53 Å². The molecule has 0 bridgehead atoms. The van der Waals surface area contributed by atoms with Gasteiger partial charge < -0.3 is 15.5 Å². The summed E-state index contributed by atoms with van der Waals surface area (Å²) in [5, 5.41) is 0. The molecule has 0 amide bonds. The molecule has 0 unspecified atom stereocenters. The molecule has 0 saturated heterocycles. The lowest BCUT2D eigenvalue weighted by molar-refractivity contribution is 0.0988. The van der Waals surface area contributed by atoms with Crippen molar-refractivity contribution in [2.24, 2.45) is 0 Å². The smallest absolute Gasteiger partial charge is 0.176 e. The number of ether oxygens (including phenoxy) is 1. The molecule has 0 aliphatic rings. The molecule has 2 aromatic rings. The van der Waals surface area contributed by atoms with Crippen LogP contribution in [0.2, 0.25) is 0 Å². The highest BCUT2D eigenvalue weighted by molar-refractivity contribution is 6.04. The minimum atomic E-state index is -0.105. The second kappa shape index (κ2) is 5.35. The molecule has 1 heterocycles. The van der Waals surface area contributed by atoms with E-state index >= 15 is 0 Å². The van der Waals surface area contributed by atoms with E-state index < -0.39 is 0 Å². The number of carbonyl (C=O) groups is 1. The number of ketones is 1. The van der Waals surface area contributed by atoms with Crippen molar-refractivity contribution >= 4 is 11.5 Å². The zero-order valence-corrected chi connectivity index (χ0v) is 10.1. The van der Waals surface area contributed by atoms with Crippen molar-refractivity contribution in [2.75, 3.05) is 12.3 Å². The van der Waals surface area contributed by atoms with Crippen LogP contribution in [0, 0.1) is 0 Å². The normalized spacial score (nSPS) is 10.3. The Morgan fingerprint density at radius 1 is 1.50 bits per heavy atom. The number of hydrogen-bond donors (Lipinski definition) is 2. The van der Waals surface area contributed by atoms with Crippen LogP contribution >= 0.6 is 0 Å². The first kappa shape index (κ1) is 12.2. The zero-order chi connectivity index (χ0) is 13.0. The van der Waals surface area contributed by atoms with Gasteiger partial charge in [-0.2, -0.15) is 0 Å². The molecule has 0 spiro atoms. The molecule has 5 heteroatoms. The number of nitrogens with zero attached hydrogens (tertiary/aromatic N) is 1. The maximum Gasteiger partial charge on any atom is 0.176 e. The number of anilines is 1. The quantitative estimate of drug-likeness (QED) is 0.622. The maximum absolute atomic E-state index is 12.2. The number of imidazole rings is 1. The van der Waals surface area contributed by atoms with E-state index in [0.29, 0.717) is 29.4 Å². The lowest BCUT2D eigenvalue weighted by Gasteiger charge is -2.11. The first-order valence-corrected chi connectivity index (χ1v) is 5.75. The van der Waals surface area contributed by atoms with E-state index in [1.807, 2.05) is 6.92 Å². The summed E-state index contributed by atoms with van der Waals surface area (Å²) in [5.74, 6) is 1.03. The molecule has 0 aliphatic heterocycles. The average molecular weight is 245 g/mol. The van der Waals surface area contributed by atoms with Gasteiger partial charge in [-0.25, -0.2) is 4.98 Å². The second-order valence-corrected chi connectivity index (χ2v) is 3.79. The van der Waals surface area contributed by atoms with Crippen molar-refractivity contribution in [3.05, 3.63) is 42.0 Å². The highest BCUT2D eigenvalue weighted by atomic mass is 16.5. The number of H-pyrrole nitrogens is 1. The van der Waals surface area contributed by atoms with Gasteiger partial charge in [-0.15, -0.1) is 0 Å². The fraction of sp³-hybridized carbons (Fsp3) is 0.231. The first-order valence-electron chi connectivity index (χ1n) is 5.75. The summed E-state index contributed by atoms with van der Waals surface area (Å²) in [6, 6.07) is 5.21. The third-order valence-electron chi connectivity index (χ3n) is 2.52. The Morgan fingerprint density at radius 3 is 3.00 bits per heavy atom. The Morgan fingerprint density at radius 2 is 2.33 bits per heavy atom. The van der Waals surface area contributed by atoms with Crippen LogP contribution in [0.1, 0.15) is 23.1 Å². The van der Waals surface area contributed by atoms with Gasteiger partial charge in [0, 0.05) is 18.1 Å². The van der Waals surface area contributed by atoms with Crippen LogP contribution in [0.3, 0.4) is 0 Å². The predicted octanol–water partition coefficient (Wildman–Crippen LogP) is 1.82. The van der Waals surface area contributed by atoms with E-state index in [1.54, 1.807) is 30.6 Å². The van der Waals surface area contributed by atoms with E-state index in [2.05, 4.69) is 9.97 Å². The molecule has 1 aromatic heterocycles. The Labute approximate surface area is 105 Å². The van der Waals surface area contributed by atoms with Crippen LogP contribution in [0.25, 0.3) is 0 Å². The standard InChI is InChI=1S/C13H15N3O2/c1-2-18-11-5-3-4-9(14)13(11)10(17)8-12-15-6-7-16-12/h3-7H,2,8,14H2,1H3,(H,15,16). The summed E-state index contributed by atoms with van der Waals surface area (Å²) >= 11 is 0. The minimum absolute atomic E-state index is 0.105. The third kappa shape index (κ3) is 2.51. The Kier molecular flexibility index (Phi) is 3.62. The van der Waals surface area contributed by atoms with Gasteiger partial charge in [0.2, 0.25) is 0 Å². The highest BCUT2D eigenvalue weighted by Crippen LogP contribution is 2.25. The van der Waals surface area contributed by atoms with Gasteiger partial charge >= 0.3 is 0 Å². The lowest BCUT2D eigenvalue weighted by atomic mass is 10.0. The van der Waals surface area contributed by atoms with Crippen LogP contribution in [-0.2, 0) is 6.42 Å². The van der Waals surface area contributed by atoms with Crippen LogP contribution in [0.5, 0.6) is 5.75 Å². The molecule has 5 nitrogen and oxygen atoms in total. The highest BCUT2D eigenvalue weighted by Gasteiger charge is 2.17. The summed E-state index contributed by atoms with van der Waals surface area (Å²) in [6.45, 7) is 2.36. The van der Waals surface area contributed by atoms with Crippen molar-refractivity contribution in [1.29, 1.82) is 0 Å². The van der Waals surface area contributed by atoms with E-state index in [-0.39, 0.29) is 12.2 Å². The predicted molar refractivity (Wildman–Crippen MR) is 68.6 cm³/mol. The van der Waals surface area contributed by atoms with Gasteiger partial charge in [0.15, 0.2) is 5.78 Å². The van der Waals surface area contributed by atoms with Crippen LogP contribution in [0.15, 0.2) is 30.6 Å². The molecule has 1 aromatic carbocycles. The van der Waals surface area contributed by atoms with Gasteiger partial charge in [-0.05, 0) is 19.1 Å². The molecule has 0 fully saturated rings. The first-order chi connectivity index (χ1) is 8.72. The van der Waals surface area contributed by atoms with Crippen molar-refractivity contribution in [1.82, 2.24) is 9.97 Å². The second-order valence-electron chi connectivity index (χ2n) is 3.79. The molecule has 0 radical (unpaired) electrons. The van der Waals surface area contributed by atoms with E-state index in [4.69, 9.17) is 10.5 Å². The fourth-order valence-electron chi connectivity index (χ4n) is 1.76. The average Bonchev–Trinajstić information content (AvgIpc) is 2.82. The summed E-state index contributed by atoms with van der Waals surface area (Å²) in [6.07, 6.45) is 3.47. The SMILES string of the molecule is CCOc1cccc(N)c1C(=O)Cc1ncc[nH]1. The van der Waals surface area contributed by atoms with Gasteiger partial charge in [-0.1, -0.05) is 6.07 Å². The number of rotatable bonds is 5. The largest absolute Gasteiger partial charge is 0.493 e. The summed E-state index contributed by atoms with van der Waals surface area (Å²) in [5.41, 5.74) is 6.70. The van der Waals surface area contributed by atoms with E-state index in [9.17, 15) is 4.79 Å². The van der Waals surface area contributed by atoms with Gasteiger partial charge in [-0.3, -0.25) is 4.79 Å². The molecule has 0 aliphatic carbocycles. The molecule has 94 valence electrons. The number of benzene rings is 1. The number of aromatic amines is 1. The number of nitrogen functional groups attached to an aromatic ring is 1. The van der Waals surface area contributed by atoms with Crippen LogP contribution in [0.4, 0.5) is 5.69 Å². The minimum Gasteiger partial charge on any atom is -0.493 e. The van der Waals surface area contributed by atoms with E-state index in [1.165, 1.54) is 0 Å². The Hall–Kier alpha value is -2.30. The maximum atomic E-state index is 12.2. The lowest BCUT2D eigenvalue weighted by Crippen LogP contribution is -2.10. The van der Waals surface area contributed by atoms with Crippen molar-refractivity contribution in [3.8, 4) is 5.75 Å². The summed E-state index contributed by atoms with van der Waals surface area (Å²) < 4.78 is 5.43. The van der Waals surface area contributed by atoms with Gasteiger partial charge in [0.05, 0.1) is 18.6 Å². The Bertz CT molecular complexity index is 535. The van der Waals surface area contributed by atoms with Crippen LogP contribution < -0.4 is 10.5 Å². The molecule has 2 rings (SSSR count). The molecular formula is C13H15N3O2. The molecule has 18 heavy (non-hydrogen) atoms. The number of Topliss-reactive ketones (excluding diaryl/α,β-unsaturated/α-hetero) is 1.